The summed E-state index contributed by atoms with van der Waals surface area (Å²) in [5.41, 5.74) is 1.52. The van der Waals surface area contributed by atoms with Gasteiger partial charge in [0, 0.05) is 12.1 Å². The van der Waals surface area contributed by atoms with Crippen molar-refractivity contribution in [2.75, 3.05) is 6.54 Å². The summed E-state index contributed by atoms with van der Waals surface area (Å²) in [6, 6.07) is 0. The van der Waals surface area contributed by atoms with Crippen LogP contribution in [0.1, 0.15) is 37.9 Å². The molecule has 0 saturated heterocycles. The van der Waals surface area contributed by atoms with Gasteiger partial charge < -0.3 is 9.64 Å². The molecule has 0 bridgehead atoms. The molecule has 0 saturated carbocycles. The lowest BCUT2D eigenvalue weighted by Gasteiger charge is -2.30. The summed E-state index contributed by atoms with van der Waals surface area (Å²) in [6.45, 7) is 8.56. The standard InChI is InChI=1S/C13H18BrN3O2/c1-8-15-10-7-17(12(18)19-13(2,3)4)6-5-9(10)11(14)16-8/h5-7H2,1-4H3. The Labute approximate surface area is 121 Å². The molecule has 1 amide bonds. The van der Waals surface area contributed by atoms with Crippen LogP contribution in [0.15, 0.2) is 4.60 Å². The van der Waals surface area contributed by atoms with E-state index in [0.717, 1.165) is 22.3 Å². The van der Waals surface area contributed by atoms with Gasteiger partial charge in [0.05, 0.1) is 12.2 Å². The van der Waals surface area contributed by atoms with Crippen LogP contribution in [0.2, 0.25) is 0 Å². The van der Waals surface area contributed by atoms with Crippen molar-refractivity contribution >= 4 is 22.0 Å². The van der Waals surface area contributed by atoms with Crippen molar-refractivity contribution in [3.8, 4) is 0 Å². The van der Waals surface area contributed by atoms with Gasteiger partial charge in [-0.05, 0) is 50.0 Å². The minimum atomic E-state index is -0.473. The van der Waals surface area contributed by atoms with Crippen LogP contribution in [0.4, 0.5) is 4.79 Å². The molecular weight excluding hydrogens is 310 g/mol. The number of rotatable bonds is 0. The van der Waals surface area contributed by atoms with Crippen molar-refractivity contribution in [3.63, 3.8) is 0 Å². The Balaban J connectivity index is 2.16. The molecule has 0 atom stereocenters. The van der Waals surface area contributed by atoms with Crippen molar-refractivity contribution in [2.24, 2.45) is 0 Å². The number of hydrogen-bond donors (Lipinski definition) is 0. The van der Waals surface area contributed by atoms with Crippen LogP contribution in [0.25, 0.3) is 0 Å². The summed E-state index contributed by atoms with van der Waals surface area (Å²) in [5, 5.41) is 0. The molecule has 0 spiro atoms. The highest BCUT2D eigenvalue weighted by molar-refractivity contribution is 9.10. The maximum absolute atomic E-state index is 12.0. The topological polar surface area (TPSA) is 55.3 Å². The molecule has 0 aromatic carbocycles. The lowest BCUT2D eigenvalue weighted by Crippen LogP contribution is -2.40. The van der Waals surface area contributed by atoms with Crippen molar-refractivity contribution in [1.82, 2.24) is 14.9 Å². The molecule has 6 heteroatoms. The van der Waals surface area contributed by atoms with Crippen LogP contribution >= 0.6 is 15.9 Å². The van der Waals surface area contributed by atoms with Gasteiger partial charge in [0.25, 0.3) is 0 Å². The van der Waals surface area contributed by atoms with Gasteiger partial charge in [-0.3, -0.25) is 0 Å². The molecule has 1 aromatic rings. The number of halogens is 1. The Morgan fingerprint density at radius 2 is 2.05 bits per heavy atom. The maximum atomic E-state index is 12.0. The second-order valence-corrected chi connectivity index (χ2v) is 6.39. The van der Waals surface area contributed by atoms with Gasteiger partial charge in [-0.25, -0.2) is 14.8 Å². The fraction of sp³-hybridized carbons (Fsp3) is 0.615. The number of carbonyl (C=O) groups is 1. The van der Waals surface area contributed by atoms with Gasteiger partial charge in [-0.1, -0.05) is 0 Å². The van der Waals surface area contributed by atoms with E-state index < -0.39 is 5.60 Å². The number of nitrogens with zero attached hydrogens (tertiary/aromatic N) is 3. The summed E-state index contributed by atoms with van der Waals surface area (Å²) in [6.07, 6.45) is 0.459. The highest BCUT2D eigenvalue weighted by Gasteiger charge is 2.27. The average molecular weight is 328 g/mol. The summed E-state index contributed by atoms with van der Waals surface area (Å²) >= 11 is 3.45. The van der Waals surface area contributed by atoms with Crippen LogP contribution in [0, 0.1) is 6.92 Å². The first-order chi connectivity index (χ1) is 8.76. The molecule has 1 aliphatic rings. The van der Waals surface area contributed by atoms with E-state index in [4.69, 9.17) is 4.74 Å². The molecule has 1 aliphatic heterocycles. The molecule has 0 aliphatic carbocycles. The molecule has 2 heterocycles. The van der Waals surface area contributed by atoms with E-state index in [9.17, 15) is 4.79 Å². The monoisotopic (exact) mass is 327 g/mol. The van der Waals surface area contributed by atoms with E-state index >= 15 is 0 Å². The molecular formula is C13H18BrN3O2. The molecule has 0 N–H and O–H groups in total. The molecule has 1 aromatic heterocycles. The van der Waals surface area contributed by atoms with Crippen LogP contribution in [0.5, 0.6) is 0 Å². The summed E-state index contributed by atoms with van der Waals surface area (Å²) in [7, 11) is 0. The van der Waals surface area contributed by atoms with Gasteiger partial charge in [0.2, 0.25) is 0 Å². The summed E-state index contributed by atoms with van der Waals surface area (Å²) < 4.78 is 6.22. The van der Waals surface area contributed by atoms with E-state index in [-0.39, 0.29) is 6.09 Å². The van der Waals surface area contributed by atoms with Gasteiger partial charge >= 0.3 is 6.09 Å². The number of aromatic nitrogens is 2. The zero-order valence-electron chi connectivity index (χ0n) is 11.7. The Hall–Kier alpha value is -1.17. The van der Waals surface area contributed by atoms with Crippen molar-refractivity contribution in [3.05, 3.63) is 21.7 Å². The van der Waals surface area contributed by atoms with E-state index in [1.54, 1.807) is 4.90 Å². The van der Waals surface area contributed by atoms with E-state index in [1.807, 2.05) is 27.7 Å². The Kier molecular flexibility index (Phi) is 3.80. The highest BCUT2D eigenvalue weighted by atomic mass is 79.9. The second-order valence-electron chi connectivity index (χ2n) is 5.64. The van der Waals surface area contributed by atoms with Crippen LogP contribution in [-0.4, -0.2) is 33.1 Å². The largest absolute Gasteiger partial charge is 0.444 e. The van der Waals surface area contributed by atoms with E-state index in [2.05, 4.69) is 25.9 Å². The first kappa shape index (κ1) is 14.2. The zero-order chi connectivity index (χ0) is 14.2. The highest BCUT2D eigenvalue weighted by Crippen LogP contribution is 2.24. The van der Waals surface area contributed by atoms with Gasteiger partial charge in [0.15, 0.2) is 0 Å². The fourth-order valence-electron chi connectivity index (χ4n) is 1.98. The van der Waals surface area contributed by atoms with Crippen molar-refractivity contribution in [2.45, 2.75) is 46.3 Å². The van der Waals surface area contributed by atoms with E-state index in [1.165, 1.54) is 0 Å². The number of fused-ring (bicyclic) bond motifs is 1. The fourth-order valence-corrected chi connectivity index (χ4v) is 2.67. The van der Waals surface area contributed by atoms with Crippen molar-refractivity contribution in [1.29, 1.82) is 0 Å². The minimum absolute atomic E-state index is 0.287. The lowest BCUT2D eigenvalue weighted by molar-refractivity contribution is 0.0220. The Morgan fingerprint density at radius 1 is 1.37 bits per heavy atom. The van der Waals surface area contributed by atoms with Crippen LogP contribution in [-0.2, 0) is 17.7 Å². The summed E-state index contributed by atoms with van der Waals surface area (Å²) in [5.74, 6) is 0.705. The third kappa shape index (κ3) is 3.43. The number of hydrogen-bond acceptors (Lipinski definition) is 4. The van der Waals surface area contributed by atoms with Gasteiger partial charge in [-0.15, -0.1) is 0 Å². The molecule has 5 nitrogen and oxygen atoms in total. The molecule has 19 heavy (non-hydrogen) atoms. The Bertz CT molecular complexity index is 511. The molecule has 2 rings (SSSR count). The number of amides is 1. The summed E-state index contributed by atoms with van der Waals surface area (Å²) in [4.78, 5) is 22.4. The zero-order valence-corrected chi connectivity index (χ0v) is 13.2. The predicted octanol–water partition coefficient (Wildman–Crippen LogP) is 2.84. The Morgan fingerprint density at radius 3 is 2.68 bits per heavy atom. The maximum Gasteiger partial charge on any atom is 0.410 e. The third-order valence-electron chi connectivity index (χ3n) is 2.78. The SMILES string of the molecule is Cc1nc(Br)c2c(n1)CN(C(=O)OC(C)(C)C)CC2. The first-order valence-electron chi connectivity index (χ1n) is 6.26. The second kappa shape index (κ2) is 5.07. The number of carbonyl (C=O) groups excluding carboxylic acids is 1. The van der Waals surface area contributed by atoms with E-state index in [0.29, 0.717) is 18.9 Å². The average Bonchev–Trinajstić information content (AvgIpc) is 2.25. The molecule has 104 valence electrons. The van der Waals surface area contributed by atoms with Gasteiger partial charge in [-0.2, -0.15) is 0 Å². The minimum Gasteiger partial charge on any atom is -0.444 e. The van der Waals surface area contributed by atoms with Crippen LogP contribution in [0.3, 0.4) is 0 Å². The first-order valence-corrected chi connectivity index (χ1v) is 7.05. The van der Waals surface area contributed by atoms with Crippen LogP contribution < -0.4 is 0 Å². The van der Waals surface area contributed by atoms with Gasteiger partial charge in [0.1, 0.15) is 16.0 Å². The molecule has 0 fully saturated rings. The number of aryl methyl sites for hydroxylation is 1. The lowest BCUT2D eigenvalue weighted by atomic mass is 10.1. The smallest absolute Gasteiger partial charge is 0.410 e. The predicted molar refractivity (Wildman–Crippen MR) is 74.8 cm³/mol. The number of ether oxygens (including phenoxy) is 1. The quantitative estimate of drug-likeness (QED) is 0.687. The van der Waals surface area contributed by atoms with Crippen molar-refractivity contribution < 1.29 is 9.53 Å². The normalized spacial score (nSPS) is 15.1. The molecule has 0 radical (unpaired) electrons. The molecule has 0 unspecified atom stereocenters. The third-order valence-corrected chi connectivity index (χ3v) is 3.43.